The fraction of sp³-hybridized carbons (Fsp3) is 0.200. The number of rotatable bonds is 7. The van der Waals surface area contributed by atoms with Gasteiger partial charge in [0.25, 0.3) is 15.9 Å². The molecule has 0 unspecified atom stereocenters. The van der Waals surface area contributed by atoms with E-state index in [-0.39, 0.29) is 16.4 Å². The molecule has 0 saturated heterocycles. The maximum Gasteiger partial charge on any atom is 0.264 e. The van der Waals surface area contributed by atoms with Crippen molar-refractivity contribution < 1.29 is 18.0 Å². The summed E-state index contributed by atoms with van der Waals surface area (Å²) >= 11 is 1.44. The molecule has 1 amide bonds. The minimum atomic E-state index is -3.90. The predicted octanol–water partition coefficient (Wildman–Crippen LogP) is 4.94. The number of nitrogens with zero attached hydrogens (tertiary/aromatic N) is 3. The molecule has 0 aliphatic rings. The largest absolute Gasteiger partial charge is 0.288 e. The number of sulfonamides is 1. The Balaban J connectivity index is 1.79. The molecule has 0 atom stereocenters. The number of hydrogen-bond donors (Lipinski definition) is 0. The second-order valence-corrected chi connectivity index (χ2v) is 10.9. The van der Waals surface area contributed by atoms with Crippen LogP contribution in [0.25, 0.3) is 10.2 Å². The second-order valence-electron chi connectivity index (χ2n) is 7.93. The lowest BCUT2D eigenvalue weighted by Gasteiger charge is -2.21. The van der Waals surface area contributed by atoms with Crippen LogP contribution < -0.4 is 4.90 Å². The number of anilines is 1. The fourth-order valence-corrected chi connectivity index (χ4v) is 5.82. The minimum absolute atomic E-state index is 0.0295. The van der Waals surface area contributed by atoms with Crippen molar-refractivity contribution in [2.45, 2.75) is 25.3 Å². The summed E-state index contributed by atoms with van der Waals surface area (Å²) in [6.07, 6.45) is 0. The van der Waals surface area contributed by atoms with Gasteiger partial charge in [-0.15, -0.1) is 0 Å². The van der Waals surface area contributed by atoms with E-state index >= 15 is 0 Å². The molecule has 4 rings (SSSR count). The summed E-state index contributed by atoms with van der Waals surface area (Å²) in [5.41, 5.74) is 4.20. The van der Waals surface area contributed by atoms with Gasteiger partial charge in [0.2, 0.25) is 0 Å². The van der Waals surface area contributed by atoms with Gasteiger partial charge >= 0.3 is 0 Å². The first-order chi connectivity index (χ1) is 16.2. The SMILES string of the molecule is CON(C)S(=O)(=O)c1cccc(C(=O)N(Cc2ccccc2)c2nc3c(C)cc(C)cc3s2)c1. The molecular weight excluding hydrogens is 470 g/mol. The van der Waals surface area contributed by atoms with Crippen LogP contribution in [0.3, 0.4) is 0 Å². The maximum atomic E-state index is 13.7. The first kappa shape index (κ1) is 24.0. The third-order valence-electron chi connectivity index (χ3n) is 5.45. The highest BCUT2D eigenvalue weighted by atomic mass is 32.2. The Morgan fingerprint density at radius 2 is 1.76 bits per heavy atom. The third kappa shape index (κ3) is 4.74. The number of fused-ring (bicyclic) bond motifs is 1. The summed E-state index contributed by atoms with van der Waals surface area (Å²) in [7, 11) is -1.33. The van der Waals surface area contributed by atoms with Gasteiger partial charge in [0.05, 0.1) is 28.8 Å². The van der Waals surface area contributed by atoms with E-state index in [1.807, 2.05) is 44.2 Å². The summed E-state index contributed by atoms with van der Waals surface area (Å²) in [5, 5.41) is 0.555. The Labute approximate surface area is 203 Å². The topological polar surface area (TPSA) is 79.8 Å². The summed E-state index contributed by atoms with van der Waals surface area (Å²) in [4.78, 5) is 25.0. The highest BCUT2D eigenvalue weighted by Crippen LogP contribution is 2.33. The second kappa shape index (κ2) is 9.63. The van der Waals surface area contributed by atoms with Gasteiger partial charge in [0.15, 0.2) is 5.13 Å². The summed E-state index contributed by atoms with van der Waals surface area (Å²) in [6, 6.07) is 19.7. The quantitative estimate of drug-likeness (QED) is 0.339. The van der Waals surface area contributed by atoms with Crippen LogP contribution in [-0.4, -0.2) is 37.9 Å². The average molecular weight is 496 g/mol. The molecule has 0 N–H and O–H groups in total. The Morgan fingerprint density at radius 1 is 1.03 bits per heavy atom. The van der Waals surface area contributed by atoms with Crippen molar-refractivity contribution in [3.05, 3.63) is 89.0 Å². The Bertz CT molecular complexity index is 1450. The van der Waals surface area contributed by atoms with Gasteiger partial charge in [-0.2, -0.15) is 0 Å². The molecule has 0 spiro atoms. The molecule has 4 aromatic rings. The number of aromatic nitrogens is 1. The normalized spacial score (nSPS) is 11.8. The van der Waals surface area contributed by atoms with E-state index in [1.54, 1.807) is 17.0 Å². The monoisotopic (exact) mass is 495 g/mol. The minimum Gasteiger partial charge on any atom is -0.288 e. The van der Waals surface area contributed by atoms with E-state index in [4.69, 9.17) is 9.82 Å². The van der Waals surface area contributed by atoms with Crippen LogP contribution in [0.1, 0.15) is 27.0 Å². The lowest BCUT2D eigenvalue weighted by Crippen LogP contribution is -2.31. The van der Waals surface area contributed by atoms with Gasteiger partial charge in [0, 0.05) is 12.6 Å². The molecule has 1 aromatic heterocycles. The molecule has 0 aliphatic carbocycles. The molecular formula is C25H25N3O4S2. The number of amides is 1. The molecule has 9 heteroatoms. The highest BCUT2D eigenvalue weighted by molar-refractivity contribution is 7.89. The smallest absolute Gasteiger partial charge is 0.264 e. The first-order valence-electron chi connectivity index (χ1n) is 10.6. The lowest BCUT2D eigenvalue weighted by atomic mass is 10.1. The van der Waals surface area contributed by atoms with Gasteiger partial charge in [-0.05, 0) is 54.8 Å². The van der Waals surface area contributed by atoms with Crippen molar-refractivity contribution >= 4 is 42.6 Å². The number of aryl methyl sites for hydroxylation is 2. The zero-order chi connectivity index (χ0) is 24.5. The van der Waals surface area contributed by atoms with Crippen LogP contribution in [-0.2, 0) is 21.4 Å². The van der Waals surface area contributed by atoms with Crippen LogP contribution in [0.15, 0.2) is 71.6 Å². The van der Waals surface area contributed by atoms with E-state index in [2.05, 4.69) is 12.1 Å². The van der Waals surface area contributed by atoms with Crippen molar-refractivity contribution in [2.75, 3.05) is 19.1 Å². The number of hydroxylamine groups is 1. The van der Waals surface area contributed by atoms with Crippen LogP contribution >= 0.6 is 11.3 Å². The van der Waals surface area contributed by atoms with Crippen LogP contribution in [0.5, 0.6) is 0 Å². The first-order valence-corrected chi connectivity index (χ1v) is 12.8. The van der Waals surface area contributed by atoms with Gasteiger partial charge in [-0.25, -0.2) is 13.4 Å². The average Bonchev–Trinajstić information content (AvgIpc) is 3.26. The van der Waals surface area contributed by atoms with Crippen molar-refractivity contribution in [2.24, 2.45) is 0 Å². The molecule has 176 valence electrons. The zero-order valence-electron chi connectivity index (χ0n) is 19.3. The summed E-state index contributed by atoms with van der Waals surface area (Å²) in [6.45, 7) is 4.33. The highest BCUT2D eigenvalue weighted by Gasteiger charge is 2.26. The van der Waals surface area contributed by atoms with Crippen molar-refractivity contribution in [3.63, 3.8) is 0 Å². The number of carbonyl (C=O) groups excluding carboxylic acids is 1. The molecule has 0 fully saturated rings. The summed E-state index contributed by atoms with van der Waals surface area (Å²) < 4.78 is 27.2. The number of thiazole rings is 1. The van der Waals surface area contributed by atoms with Crippen molar-refractivity contribution in [1.82, 2.24) is 9.45 Å². The third-order valence-corrected chi connectivity index (χ3v) is 8.15. The maximum absolute atomic E-state index is 13.7. The van der Waals surface area contributed by atoms with Crippen LogP contribution in [0.4, 0.5) is 5.13 Å². The predicted molar refractivity (Wildman–Crippen MR) is 134 cm³/mol. The van der Waals surface area contributed by atoms with Gasteiger partial charge in [0.1, 0.15) is 0 Å². The molecule has 1 heterocycles. The van der Waals surface area contributed by atoms with Gasteiger partial charge < -0.3 is 0 Å². The van der Waals surface area contributed by atoms with E-state index in [1.165, 1.54) is 37.6 Å². The molecule has 0 saturated carbocycles. The molecule has 0 aliphatic heterocycles. The molecule has 0 bridgehead atoms. The van der Waals surface area contributed by atoms with Crippen molar-refractivity contribution in [1.29, 1.82) is 0 Å². The van der Waals surface area contributed by atoms with Gasteiger partial charge in [-0.3, -0.25) is 14.5 Å². The lowest BCUT2D eigenvalue weighted by molar-refractivity contribution is -0.0258. The van der Waals surface area contributed by atoms with Crippen LogP contribution in [0.2, 0.25) is 0 Å². The molecule has 3 aromatic carbocycles. The fourth-order valence-electron chi connectivity index (χ4n) is 3.66. The Hall–Kier alpha value is -3.11. The molecule has 34 heavy (non-hydrogen) atoms. The Morgan fingerprint density at radius 3 is 2.47 bits per heavy atom. The number of hydrogen-bond acceptors (Lipinski definition) is 6. The standard InChI is InChI=1S/C25H25N3O4S2/c1-17-13-18(2)23-22(14-17)33-25(26-23)28(16-19-9-6-5-7-10-19)24(29)20-11-8-12-21(15-20)34(30,31)27(3)32-4/h5-15H,16H2,1-4H3. The number of carbonyl (C=O) groups is 1. The van der Waals surface area contributed by atoms with E-state index in [0.717, 1.165) is 31.4 Å². The number of benzene rings is 3. The molecule has 0 radical (unpaired) electrons. The molecule has 7 nitrogen and oxygen atoms in total. The summed E-state index contributed by atoms with van der Waals surface area (Å²) in [5.74, 6) is -0.339. The Kier molecular flexibility index (Phi) is 6.81. The van der Waals surface area contributed by atoms with Gasteiger partial charge in [-0.1, -0.05) is 58.3 Å². The van der Waals surface area contributed by atoms with E-state index in [9.17, 15) is 13.2 Å². The zero-order valence-corrected chi connectivity index (χ0v) is 21.0. The van der Waals surface area contributed by atoms with Crippen molar-refractivity contribution in [3.8, 4) is 0 Å². The van der Waals surface area contributed by atoms with Crippen LogP contribution in [0, 0.1) is 13.8 Å². The van der Waals surface area contributed by atoms with E-state index in [0.29, 0.717) is 11.7 Å². The van der Waals surface area contributed by atoms with E-state index < -0.39 is 10.0 Å².